The molecule has 2 aliphatic heterocycles. The zero-order valence-corrected chi connectivity index (χ0v) is 19.9. The Morgan fingerprint density at radius 1 is 1.03 bits per heavy atom. The van der Waals surface area contributed by atoms with Crippen LogP contribution in [0.3, 0.4) is 0 Å². The summed E-state index contributed by atoms with van der Waals surface area (Å²) in [6.45, 7) is 9.36. The zero-order valence-electron chi connectivity index (χ0n) is 19.9. The largest absolute Gasteiger partial charge is 0.507 e. The molecule has 178 valence electrons. The monoisotopic (exact) mass is 464 g/mol. The average Bonchev–Trinajstić information content (AvgIpc) is 2.96. The number of aromatic hydroxyl groups is 2. The van der Waals surface area contributed by atoms with Crippen molar-refractivity contribution < 1.29 is 34.1 Å². The minimum absolute atomic E-state index is 0.00220. The van der Waals surface area contributed by atoms with Crippen LogP contribution in [0.15, 0.2) is 41.0 Å². The Morgan fingerprint density at radius 3 is 2.35 bits per heavy atom. The van der Waals surface area contributed by atoms with Crippen LogP contribution in [0.2, 0.25) is 0 Å². The number of allylic oxidation sites excluding steroid dienone is 4. The number of benzene rings is 1. The van der Waals surface area contributed by atoms with Gasteiger partial charge in [-0.25, -0.2) is 0 Å². The van der Waals surface area contributed by atoms with Crippen LogP contribution in [0.4, 0.5) is 0 Å². The summed E-state index contributed by atoms with van der Waals surface area (Å²) in [6.07, 6.45) is 5.60. The molecule has 2 heterocycles. The van der Waals surface area contributed by atoms with Crippen molar-refractivity contribution in [2.45, 2.75) is 58.7 Å². The van der Waals surface area contributed by atoms with E-state index >= 15 is 0 Å². The lowest BCUT2D eigenvalue weighted by Gasteiger charge is -2.56. The van der Waals surface area contributed by atoms with Gasteiger partial charge < -0.3 is 19.7 Å². The van der Waals surface area contributed by atoms with Crippen LogP contribution < -0.4 is 4.74 Å². The lowest BCUT2D eigenvalue weighted by molar-refractivity contribution is -0.173. The van der Waals surface area contributed by atoms with E-state index in [-0.39, 0.29) is 41.3 Å². The molecule has 3 aliphatic carbocycles. The molecule has 0 unspecified atom stereocenters. The highest BCUT2D eigenvalue weighted by Gasteiger charge is 2.82. The molecule has 1 aromatic rings. The molecule has 1 aromatic carbocycles. The van der Waals surface area contributed by atoms with Crippen LogP contribution in [0.1, 0.15) is 57.0 Å². The molecule has 0 radical (unpaired) electrons. The molecule has 6 rings (SSSR count). The second kappa shape index (κ2) is 7.08. The molecule has 1 saturated heterocycles. The van der Waals surface area contributed by atoms with E-state index in [1.165, 1.54) is 0 Å². The second-order valence-electron chi connectivity index (χ2n) is 10.3. The molecule has 2 fully saturated rings. The van der Waals surface area contributed by atoms with Crippen LogP contribution in [0.5, 0.6) is 17.2 Å². The van der Waals surface area contributed by atoms with Crippen LogP contribution in [-0.2, 0) is 20.7 Å². The summed E-state index contributed by atoms with van der Waals surface area (Å²) in [7, 11) is 0. The highest BCUT2D eigenvalue weighted by molar-refractivity contribution is 6.20. The molecule has 4 bridgehead atoms. The Kier molecular flexibility index (Phi) is 4.67. The van der Waals surface area contributed by atoms with Gasteiger partial charge in [-0.05, 0) is 40.0 Å². The summed E-state index contributed by atoms with van der Waals surface area (Å²) in [5.41, 5.74) is -1.00. The number of rotatable bonds is 4. The predicted octanol–water partition coefficient (Wildman–Crippen LogP) is 3.96. The van der Waals surface area contributed by atoms with Crippen LogP contribution in [-0.4, -0.2) is 39.0 Å². The lowest BCUT2D eigenvalue weighted by Crippen LogP contribution is -2.73. The second-order valence-corrected chi connectivity index (χ2v) is 10.3. The van der Waals surface area contributed by atoms with Crippen molar-refractivity contribution in [2.24, 2.45) is 17.8 Å². The third kappa shape index (κ3) is 2.55. The van der Waals surface area contributed by atoms with Gasteiger partial charge in [-0.2, -0.15) is 0 Å². The molecule has 34 heavy (non-hydrogen) atoms. The van der Waals surface area contributed by atoms with E-state index < -0.39 is 46.5 Å². The molecule has 1 saturated carbocycles. The highest BCUT2D eigenvalue weighted by atomic mass is 16.6. The maximum Gasteiger partial charge on any atom is 0.315 e. The Morgan fingerprint density at radius 2 is 1.71 bits per heavy atom. The first-order valence-corrected chi connectivity index (χ1v) is 11.5. The van der Waals surface area contributed by atoms with Gasteiger partial charge in [0, 0.05) is 29.5 Å². The van der Waals surface area contributed by atoms with Crippen molar-refractivity contribution in [2.75, 3.05) is 0 Å². The fourth-order valence-electron chi connectivity index (χ4n) is 6.07. The normalized spacial score (nSPS) is 32.3. The van der Waals surface area contributed by atoms with Crippen LogP contribution in [0.25, 0.3) is 0 Å². The molecule has 5 aliphatic rings. The quantitative estimate of drug-likeness (QED) is 0.513. The van der Waals surface area contributed by atoms with Gasteiger partial charge in [-0.1, -0.05) is 36.3 Å². The van der Waals surface area contributed by atoms with E-state index in [2.05, 4.69) is 0 Å². The molecular weight excluding hydrogens is 436 g/mol. The highest BCUT2D eigenvalue weighted by Crippen LogP contribution is 2.66. The molecule has 1 spiro atoms. The van der Waals surface area contributed by atoms with Crippen molar-refractivity contribution in [1.29, 1.82) is 0 Å². The lowest BCUT2D eigenvalue weighted by atomic mass is 9.49. The van der Waals surface area contributed by atoms with Gasteiger partial charge in [0.1, 0.15) is 28.7 Å². The van der Waals surface area contributed by atoms with Crippen LogP contribution in [0, 0.1) is 17.8 Å². The van der Waals surface area contributed by atoms with Gasteiger partial charge in [0.15, 0.2) is 17.2 Å². The standard InChI is InChI=1S/C27H28O7/c1-12(2)6-7-15-18(28)11-19(29)20-22(30)17-10-16-14(5)21-25(32)34-26(24(16)31,9-8-13(3)4)27(17,21)33-23(15)20/h6,8,10-11,14,16,21,28-29H,7,9H2,1-5H3/t14-,16+,21-,26-,27+/m0/s1. The van der Waals surface area contributed by atoms with Crippen molar-refractivity contribution in [3.8, 4) is 17.2 Å². The number of phenols is 2. The fraction of sp³-hybridized carbons (Fsp3) is 0.444. The first-order chi connectivity index (χ1) is 16.0. The van der Waals surface area contributed by atoms with E-state index in [1.54, 1.807) is 13.0 Å². The molecule has 5 atom stereocenters. The number of fused-ring (bicyclic) bond motifs is 1. The SMILES string of the molecule is CC(C)=CCc1c(O)cc(O)c2c1O[C@@]13C(=C[C@H]4C(=O)[C@]1(CC=C(C)C)OC(=O)[C@@H]3[C@H]4C)C2=O. The number of ketones is 2. The Labute approximate surface area is 197 Å². The van der Waals surface area contributed by atoms with E-state index in [0.717, 1.165) is 17.2 Å². The van der Waals surface area contributed by atoms with Gasteiger partial charge in [-0.15, -0.1) is 0 Å². The number of hydrogen-bond donors (Lipinski definition) is 2. The summed E-state index contributed by atoms with van der Waals surface area (Å²) in [6, 6.07) is 1.14. The van der Waals surface area contributed by atoms with Gasteiger partial charge in [0.05, 0.1) is 0 Å². The maximum atomic E-state index is 13.9. The summed E-state index contributed by atoms with van der Waals surface area (Å²) in [5, 5.41) is 21.3. The molecule has 2 N–H and O–H groups in total. The third-order valence-electron chi connectivity index (χ3n) is 7.69. The van der Waals surface area contributed by atoms with E-state index in [1.807, 2.05) is 39.8 Å². The molecule has 0 aromatic heterocycles. The first kappa shape index (κ1) is 22.4. The first-order valence-electron chi connectivity index (χ1n) is 11.5. The van der Waals surface area contributed by atoms with Crippen LogP contribution >= 0.6 is 0 Å². The molecule has 7 heteroatoms. The molecule has 7 nitrogen and oxygen atoms in total. The Bertz CT molecular complexity index is 1260. The number of Topliss-reactive ketones (excluding diaryl/α,β-unsaturated/α-hetero) is 2. The molecular formula is C27H28O7. The minimum Gasteiger partial charge on any atom is -0.507 e. The number of carbonyl (C=O) groups excluding carboxylic acids is 3. The number of ether oxygens (including phenoxy) is 2. The average molecular weight is 465 g/mol. The number of esters is 1. The maximum absolute atomic E-state index is 13.9. The summed E-state index contributed by atoms with van der Waals surface area (Å²) >= 11 is 0. The smallest absolute Gasteiger partial charge is 0.315 e. The molecule has 0 amide bonds. The summed E-state index contributed by atoms with van der Waals surface area (Å²) in [4.78, 5) is 40.9. The minimum atomic E-state index is -1.69. The van der Waals surface area contributed by atoms with Gasteiger partial charge in [0.2, 0.25) is 5.60 Å². The zero-order chi connectivity index (χ0) is 24.7. The van der Waals surface area contributed by atoms with Crippen molar-refractivity contribution in [3.05, 3.63) is 52.1 Å². The van der Waals surface area contributed by atoms with Crippen molar-refractivity contribution >= 4 is 17.5 Å². The predicted molar refractivity (Wildman–Crippen MR) is 123 cm³/mol. The number of hydrogen-bond acceptors (Lipinski definition) is 7. The number of phenolic OH excluding ortho intramolecular Hbond substituents is 2. The van der Waals surface area contributed by atoms with Crippen molar-refractivity contribution in [3.63, 3.8) is 0 Å². The van der Waals surface area contributed by atoms with Gasteiger partial charge in [0.25, 0.3) is 0 Å². The Balaban J connectivity index is 1.82. The van der Waals surface area contributed by atoms with Crippen molar-refractivity contribution in [1.82, 2.24) is 0 Å². The third-order valence-corrected chi connectivity index (χ3v) is 7.69. The topological polar surface area (TPSA) is 110 Å². The van der Waals surface area contributed by atoms with Gasteiger partial charge in [-0.3, -0.25) is 14.4 Å². The summed E-state index contributed by atoms with van der Waals surface area (Å²) < 4.78 is 12.5. The Hall–Kier alpha value is -3.35. The van der Waals surface area contributed by atoms with E-state index in [4.69, 9.17) is 9.47 Å². The van der Waals surface area contributed by atoms with E-state index in [0.29, 0.717) is 5.56 Å². The fourth-order valence-corrected chi connectivity index (χ4v) is 6.07. The summed E-state index contributed by atoms with van der Waals surface area (Å²) in [5.74, 6) is -3.95. The number of carbonyl (C=O) groups is 3. The van der Waals surface area contributed by atoms with Gasteiger partial charge >= 0.3 is 5.97 Å². The van der Waals surface area contributed by atoms with E-state index in [9.17, 15) is 24.6 Å².